The van der Waals surface area contributed by atoms with Gasteiger partial charge in [0.25, 0.3) is 0 Å². The smallest absolute Gasteiger partial charge is 0.338 e. The van der Waals surface area contributed by atoms with Crippen molar-refractivity contribution >= 4 is 17.0 Å². The molecule has 6 nitrogen and oxygen atoms in total. The van der Waals surface area contributed by atoms with Gasteiger partial charge in [0.2, 0.25) is 0 Å². The van der Waals surface area contributed by atoms with E-state index in [0.29, 0.717) is 5.52 Å². The molecule has 2 aromatic rings. The lowest BCUT2D eigenvalue weighted by Gasteiger charge is -2.13. The molecule has 0 amide bonds. The van der Waals surface area contributed by atoms with Gasteiger partial charge in [0, 0.05) is 6.54 Å². The molecule has 0 bridgehead atoms. The minimum Gasteiger partial charge on any atom is -0.478 e. The van der Waals surface area contributed by atoms with E-state index in [-0.39, 0.29) is 5.56 Å². The summed E-state index contributed by atoms with van der Waals surface area (Å²) in [6.07, 6.45) is 3.61. The number of fused-ring (bicyclic) bond motifs is 1. The third kappa shape index (κ3) is 2.51. The molecule has 1 aliphatic rings. The summed E-state index contributed by atoms with van der Waals surface area (Å²) >= 11 is 0. The number of carbonyl (C=O) groups is 1. The Labute approximate surface area is 117 Å². The van der Waals surface area contributed by atoms with Crippen molar-refractivity contribution in [3.8, 4) is 0 Å². The number of aromatic nitrogens is 3. The lowest BCUT2D eigenvalue weighted by Crippen LogP contribution is -2.21. The zero-order chi connectivity index (χ0) is 13.9. The number of hydrogen-bond acceptors (Lipinski definition) is 4. The average Bonchev–Trinajstić information content (AvgIpc) is 3.08. The van der Waals surface area contributed by atoms with Crippen LogP contribution < -0.4 is 0 Å². The largest absolute Gasteiger partial charge is 0.478 e. The highest BCUT2D eigenvalue weighted by Gasteiger charge is 2.14. The summed E-state index contributed by atoms with van der Waals surface area (Å²) in [4.78, 5) is 13.6. The van der Waals surface area contributed by atoms with Crippen molar-refractivity contribution in [1.82, 2.24) is 19.9 Å². The van der Waals surface area contributed by atoms with E-state index in [0.717, 1.165) is 25.0 Å². The van der Waals surface area contributed by atoms with Crippen molar-refractivity contribution in [2.45, 2.75) is 25.8 Å². The van der Waals surface area contributed by atoms with Gasteiger partial charge in [-0.1, -0.05) is 11.3 Å². The van der Waals surface area contributed by atoms with Crippen molar-refractivity contribution in [3.63, 3.8) is 0 Å². The highest BCUT2D eigenvalue weighted by molar-refractivity contribution is 6.00. The van der Waals surface area contributed by atoms with Gasteiger partial charge in [-0.2, -0.15) is 0 Å². The summed E-state index contributed by atoms with van der Waals surface area (Å²) in [7, 11) is 0. The van der Waals surface area contributed by atoms with Crippen LogP contribution in [0.5, 0.6) is 0 Å². The zero-order valence-corrected chi connectivity index (χ0v) is 11.3. The van der Waals surface area contributed by atoms with Crippen molar-refractivity contribution < 1.29 is 9.90 Å². The van der Waals surface area contributed by atoms with Gasteiger partial charge in [0.15, 0.2) is 0 Å². The molecule has 2 heterocycles. The standard InChI is InChI=1S/C14H18N4O2/c19-14(20)11-5-3-6-12-13(11)15-16-18(12)10-4-9-17-7-1-2-8-17/h3,5-6H,1-2,4,7-10H2,(H,19,20). The van der Waals surface area contributed by atoms with E-state index < -0.39 is 5.97 Å². The fourth-order valence-corrected chi connectivity index (χ4v) is 2.78. The van der Waals surface area contributed by atoms with Crippen LogP contribution in [0.3, 0.4) is 0 Å². The van der Waals surface area contributed by atoms with Crippen molar-refractivity contribution in [2.24, 2.45) is 0 Å². The van der Waals surface area contributed by atoms with Crippen LogP contribution in [0.2, 0.25) is 0 Å². The topological polar surface area (TPSA) is 71.2 Å². The predicted octanol–water partition coefficient (Wildman–Crippen LogP) is 1.62. The maximum atomic E-state index is 11.1. The molecule has 1 N–H and O–H groups in total. The summed E-state index contributed by atoms with van der Waals surface area (Å²) < 4.78 is 1.80. The molecular weight excluding hydrogens is 256 g/mol. The lowest BCUT2D eigenvalue weighted by molar-refractivity contribution is 0.0699. The SMILES string of the molecule is O=C(O)c1cccc2c1nnn2CCCN1CCCC1. The molecule has 1 aromatic carbocycles. The first-order chi connectivity index (χ1) is 9.75. The summed E-state index contributed by atoms with van der Waals surface area (Å²) in [6, 6.07) is 5.18. The normalized spacial score (nSPS) is 16.0. The number of aryl methyl sites for hydroxylation is 1. The molecule has 1 aromatic heterocycles. The molecule has 1 saturated heterocycles. The Kier molecular flexibility index (Phi) is 3.64. The molecule has 6 heteroatoms. The van der Waals surface area contributed by atoms with Crippen LogP contribution in [-0.4, -0.2) is 50.6 Å². The van der Waals surface area contributed by atoms with Gasteiger partial charge in [-0.3, -0.25) is 0 Å². The van der Waals surface area contributed by atoms with Crippen LogP contribution in [0, 0.1) is 0 Å². The maximum absolute atomic E-state index is 11.1. The molecule has 20 heavy (non-hydrogen) atoms. The van der Waals surface area contributed by atoms with Crippen LogP contribution in [0.25, 0.3) is 11.0 Å². The third-order valence-electron chi connectivity index (χ3n) is 3.82. The minimum absolute atomic E-state index is 0.216. The number of benzene rings is 1. The van der Waals surface area contributed by atoms with Crippen molar-refractivity contribution in [1.29, 1.82) is 0 Å². The van der Waals surface area contributed by atoms with E-state index in [9.17, 15) is 4.79 Å². The van der Waals surface area contributed by atoms with Crippen LogP contribution in [0.1, 0.15) is 29.6 Å². The molecule has 1 fully saturated rings. The molecule has 106 valence electrons. The molecule has 0 saturated carbocycles. The Hall–Kier alpha value is -1.95. The van der Waals surface area contributed by atoms with E-state index in [4.69, 9.17) is 5.11 Å². The summed E-state index contributed by atoms with van der Waals surface area (Å²) in [5.41, 5.74) is 1.49. The number of carboxylic acid groups (broad SMARTS) is 1. The zero-order valence-electron chi connectivity index (χ0n) is 11.3. The van der Waals surface area contributed by atoms with Gasteiger partial charge >= 0.3 is 5.97 Å². The first-order valence-electron chi connectivity index (χ1n) is 7.03. The minimum atomic E-state index is -0.959. The first-order valence-corrected chi connectivity index (χ1v) is 7.03. The van der Waals surface area contributed by atoms with Gasteiger partial charge < -0.3 is 10.0 Å². The van der Waals surface area contributed by atoms with E-state index in [2.05, 4.69) is 15.2 Å². The quantitative estimate of drug-likeness (QED) is 0.897. The van der Waals surface area contributed by atoms with Gasteiger partial charge in [0.1, 0.15) is 5.52 Å². The highest BCUT2D eigenvalue weighted by Crippen LogP contribution is 2.16. The monoisotopic (exact) mass is 274 g/mol. The Bertz CT molecular complexity index is 617. The van der Waals surface area contributed by atoms with E-state index in [1.54, 1.807) is 16.8 Å². The fraction of sp³-hybridized carbons (Fsp3) is 0.500. The van der Waals surface area contributed by atoms with E-state index in [1.807, 2.05) is 6.07 Å². The Morgan fingerprint density at radius 3 is 2.80 bits per heavy atom. The number of carboxylic acids is 1. The predicted molar refractivity (Wildman–Crippen MR) is 74.8 cm³/mol. The van der Waals surface area contributed by atoms with Gasteiger partial charge in [-0.25, -0.2) is 9.48 Å². The number of aromatic carboxylic acids is 1. The molecule has 3 rings (SSSR count). The third-order valence-corrected chi connectivity index (χ3v) is 3.82. The van der Waals surface area contributed by atoms with Crippen molar-refractivity contribution in [2.75, 3.05) is 19.6 Å². The number of likely N-dealkylation sites (tertiary alicyclic amines) is 1. The Morgan fingerprint density at radius 1 is 1.25 bits per heavy atom. The molecule has 0 atom stereocenters. The molecule has 1 aliphatic heterocycles. The van der Waals surface area contributed by atoms with Gasteiger partial charge in [0.05, 0.1) is 11.1 Å². The Balaban J connectivity index is 1.72. The van der Waals surface area contributed by atoms with Crippen LogP contribution in [0.15, 0.2) is 18.2 Å². The van der Waals surface area contributed by atoms with Crippen molar-refractivity contribution in [3.05, 3.63) is 23.8 Å². The second-order valence-corrected chi connectivity index (χ2v) is 5.19. The molecule has 0 aliphatic carbocycles. The number of rotatable bonds is 5. The van der Waals surface area contributed by atoms with E-state index in [1.165, 1.54) is 25.9 Å². The molecular formula is C14H18N4O2. The fourth-order valence-electron chi connectivity index (χ4n) is 2.78. The molecule has 0 spiro atoms. The Morgan fingerprint density at radius 2 is 2.05 bits per heavy atom. The maximum Gasteiger partial charge on any atom is 0.338 e. The van der Waals surface area contributed by atoms with Crippen LogP contribution in [-0.2, 0) is 6.54 Å². The number of nitrogens with zero attached hydrogens (tertiary/aromatic N) is 4. The first kappa shape index (κ1) is 13.1. The van der Waals surface area contributed by atoms with Gasteiger partial charge in [-0.15, -0.1) is 5.10 Å². The second-order valence-electron chi connectivity index (χ2n) is 5.19. The average molecular weight is 274 g/mol. The summed E-state index contributed by atoms with van der Waals surface area (Å²) in [6.45, 7) is 4.23. The molecule has 0 unspecified atom stereocenters. The molecule has 0 radical (unpaired) electrons. The lowest BCUT2D eigenvalue weighted by atomic mass is 10.2. The number of hydrogen-bond donors (Lipinski definition) is 1. The van der Waals surface area contributed by atoms with Crippen LogP contribution in [0.4, 0.5) is 0 Å². The summed E-state index contributed by atoms with van der Waals surface area (Å²) in [5.74, 6) is -0.959. The highest BCUT2D eigenvalue weighted by atomic mass is 16.4. The van der Waals surface area contributed by atoms with E-state index >= 15 is 0 Å². The van der Waals surface area contributed by atoms with Crippen LogP contribution >= 0.6 is 0 Å². The summed E-state index contributed by atoms with van der Waals surface area (Å²) in [5, 5.41) is 17.2. The van der Waals surface area contributed by atoms with Gasteiger partial charge in [-0.05, 0) is 51.0 Å². The second kappa shape index (κ2) is 5.58.